The molecular weight excluding hydrogens is 342 g/mol. The molecule has 1 heterocycles. The summed E-state index contributed by atoms with van der Waals surface area (Å²) in [5.74, 6) is -1.96. The Bertz CT molecular complexity index is 556. The molecule has 0 bridgehead atoms. The highest BCUT2D eigenvalue weighted by Gasteiger charge is 2.39. The predicted octanol–water partition coefficient (Wildman–Crippen LogP) is 1.78. The van der Waals surface area contributed by atoms with Crippen LogP contribution < -0.4 is 0 Å². The molecule has 0 aromatic heterocycles. The summed E-state index contributed by atoms with van der Waals surface area (Å²) in [7, 11) is 1.30. The molecule has 1 amide bonds. The summed E-state index contributed by atoms with van der Waals surface area (Å²) >= 11 is 0. The predicted molar refractivity (Wildman–Crippen MR) is 92.9 cm³/mol. The Morgan fingerprint density at radius 1 is 1.27 bits per heavy atom. The minimum Gasteiger partial charge on any atom is -0.468 e. The highest BCUT2D eigenvalue weighted by Crippen LogP contribution is 2.29. The smallest absolute Gasteiger partial charge is 0.412 e. The van der Waals surface area contributed by atoms with Crippen molar-refractivity contribution in [2.45, 2.75) is 45.3 Å². The third-order valence-corrected chi connectivity index (χ3v) is 4.22. The lowest BCUT2D eigenvalue weighted by Gasteiger charge is -2.38. The first-order valence-corrected chi connectivity index (χ1v) is 8.48. The Labute approximate surface area is 153 Å². The maximum atomic E-state index is 12.4. The Morgan fingerprint density at radius 3 is 2.54 bits per heavy atom. The fraction of sp³-hybridized carbons (Fsp3) is 0.611. The van der Waals surface area contributed by atoms with Crippen LogP contribution in [0, 0.1) is 5.92 Å². The van der Waals surface area contributed by atoms with E-state index in [0.717, 1.165) is 18.4 Å². The number of methoxy groups -OCH3 is 1. The van der Waals surface area contributed by atoms with Gasteiger partial charge in [-0.05, 0) is 33.1 Å². The van der Waals surface area contributed by atoms with Gasteiger partial charge in [-0.2, -0.15) is 0 Å². The van der Waals surface area contributed by atoms with Crippen LogP contribution in [0.3, 0.4) is 0 Å². The summed E-state index contributed by atoms with van der Waals surface area (Å²) in [6, 6.07) is -0.424. The third-order valence-electron chi connectivity index (χ3n) is 4.22. The number of amides is 1. The van der Waals surface area contributed by atoms with Crippen molar-refractivity contribution in [2.75, 3.05) is 20.4 Å². The minimum absolute atomic E-state index is 0.419. The van der Waals surface area contributed by atoms with Gasteiger partial charge in [-0.25, -0.2) is 9.59 Å². The molecule has 0 aliphatic carbocycles. The Hall–Kier alpha value is -2.35. The Kier molecular flexibility index (Phi) is 8.84. The number of rotatable bonds is 7. The molecule has 8 nitrogen and oxygen atoms in total. The van der Waals surface area contributed by atoms with Crippen LogP contribution in [0.15, 0.2) is 24.3 Å². The van der Waals surface area contributed by atoms with Gasteiger partial charge in [0, 0.05) is 6.54 Å². The molecule has 3 atom stereocenters. The van der Waals surface area contributed by atoms with E-state index in [9.17, 15) is 14.4 Å². The van der Waals surface area contributed by atoms with Crippen LogP contribution in [0.2, 0.25) is 0 Å². The van der Waals surface area contributed by atoms with E-state index < -0.39 is 42.9 Å². The SMILES string of the molecule is C=CC=C(C)C(C(=O)OC)C1CCCCN1C(=O)OCOC(=O)C(C)O. The molecule has 0 spiro atoms. The lowest BCUT2D eigenvalue weighted by atomic mass is 9.85. The maximum absolute atomic E-state index is 12.4. The van der Waals surface area contributed by atoms with E-state index >= 15 is 0 Å². The van der Waals surface area contributed by atoms with Crippen molar-refractivity contribution in [1.82, 2.24) is 4.90 Å². The van der Waals surface area contributed by atoms with Crippen LogP contribution in [-0.2, 0) is 23.8 Å². The quantitative estimate of drug-likeness (QED) is 0.414. The van der Waals surface area contributed by atoms with E-state index in [1.165, 1.54) is 18.9 Å². The molecule has 1 saturated heterocycles. The molecule has 1 rings (SSSR count). The summed E-state index contributed by atoms with van der Waals surface area (Å²) in [4.78, 5) is 37.4. The second kappa shape index (κ2) is 10.6. The lowest BCUT2D eigenvalue weighted by molar-refractivity contribution is -0.161. The van der Waals surface area contributed by atoms with E-state index in [4.69, 9.17) is 14.6 Å². The van der Waals surface area contributed by atoms with E-state index in [-0.39, 0.29) is 0 Å². The number of carbonyl (C=O) groups is 3. The molecule has 146 valence electrons. The topological polar surface area (TPSA) is 102 Å². The number of esters is 2. The second-order valence-electron chi connectivity index (χ2n) is 6.07. The number of aliphatic hydroxyl groups is 1. The van der Waals surface area contributed by atoms with Crippen LogP contribution in [0.25, 0.3) is 0 Å². The second-order valence-corrected chi connectivity index (χ2v) is 6.07. The fourth-order valence-electron chi connectivity index (χ4n) is 2.94. The standard InChI is InChI=1S/C18H27NO7/c1-5-8-12(2)15(17(22)24-4)14-9-6-7-10-19(14)18(23)26-11-25-16(21)13(3)20/h5,8,13-15,20H,1,6-7,9-11H2,2-4H3. The number of piperidine rings is 1. The zero-order chi connectivity index (χ0) is 19.7. The average Bonchev–Trinajstić information content (AvgIpc) is 2.62. The molecular formula is C18H27NO7. The molecule has 0 saturated carbocycles. The highest BCUT2D eigenvalue weighted by atomic mass is 16.7. The average molecular weight is 369 g/mol. The molecule has 1 fully saturated rings. The van der Waals surface area contributed by atoms with Gasteiger partial charge >= 0.3 is 18.0 Å². The summed E-state index contributed by atoms with van der Waals surface area (Å²) in [6.45, 7) is 6.49. The van der Waals surface area contributed by atoms with Crippen LogP contribution in [-0.4, -0.2) is 60.6 Å². The molecule has 8 heteroatoms. The van der Waals surface area contributed by atoms with Crippen LogP contribution in [0.5, 0.6) is 0 Å². The van der Waals surface area contributed by atoms with Crippen molar-refractivity contribution in [3.63, 3.8) is 0 Å². The molecule has 0 radical (unpaired) electrons. The van der Waals surface area contributed by atoms with Gasteiger partial charge in [-0.3, -0.25) is 4.79 Å². The number of aliphatic hydroxyl groups excluding tert-OH is 1. The number of likely N-dealkylation sites (tertiary alicyclic amines) is 1. The van der Waals surface area contributed by atoms with E-state index in [1.807, 2.05) is 0 Å². The number of carbonyl (C=O) groups excluding carboxylic acids is 3. The normalized spacial score (nSPS) is 19.9. The van der Waals surface area contributed by atoms with Crippen molar-refractivity contribution < 1.29 is 33.7 Å². The first-order chi connectivity index (χ1) is 12.3. The number of nitrogens with zero attached hydrogens (tertiary/aromatic N) is 1. The first kappa shape index (κ1) is 21.7. The van der Waals surface area contributed by atoms with Crippen LogP contribution in [0.4, 0.5) is 4.79 Å². The summed E-state index contributed by atoms with van der Waals surface area (Å²) in [5, 5.41) is 9.06. The molecule has 1 aliphatic rings. The molecule has 0 aromatic rings. The first-order valence-electron chi connectivity index (χ1n) is 8.48. The highest BCUT2D eigenvalue weighted by molar-refractivity contribution is 5.78. The largest absolute Gasteiger partial charge is 0.468 e. The van der Waals surface area contributed by atoms with Crippen molar-refractivity contribution in [1.29, 1.82) is 0 Å². The van der Waals surface area contributed by atoms with Crippen molar-refractivity contribution in [3.05, 3.63) is 24.3 Å². The summed E-state index contributed by atoms with van der Waals surface area (Å²) in [5.41, 5.74) is 0.733. The molecule has 0 aromatic carbocycles. The lowest BCUT2D eigenvalue weighted by Crippen LogP contribution is -2.50. The van der Waals surface area contributed by atoms with Crippen molar-refractivity contribution >= 4 is 18.0 Å². The maximum Gasteiger partial charge on any atom is 0.412 e. The minimum atomic E-state index is -1.30. The zero-order valence-corrected chi connectivity index (χ0v) is 15.5. The van der Waals surface area contributed by atoms with E-state index in [0.29, 0.717) is 13.0 Å². The van der Waals surface area contributed by atoms with Gasteiger partial charge in [0.1, 0.15) is 6.10 Å². The number of hydrogen-bond acceptors (Lipinski definition) is 7. The third kappa shape index (κ3) is 5.87. The Morgan fingerprint density at radius 2 is 1.96 bits per heavy atom. The summed E-state index contributed by atoms with van der Waals surface area (Å²) < 4.78 is 14.5. The van der Waals surface area contributed by atoms with Crippen molar-refractivity contribution in [3.8, 4) is 0 Å². The molecule has 3 unspecified atom stereocenters. The van der Waals surface area contributed by atoms with Gasteiger partial charge in [0.05, 0.1) is 19.1 Å². The van der Waals surface area contributed by atoms with Gasteiger partial charge in [0.2, 0.25) is 6.79 Å². The van der Waals surface area contributed by atoms with Crippen molar-refractivity contribution in [2.24, 2.45) is 5.92 Å². The van der Waals surface area contributed by atoms with Gasteiger partial charge < -0.3 is 24.2 Å². The monoisotopic (exact) mass is 369 g/mol. The van der Waals surface area contributed by atoms with Crippen LogP contribution >= 0.6 is 0 Å². The van der Waals surface area contributed by atoms with E-state index in [2.05, 4.69) is 11.3 Å². The van der Waals surface area contributed by atoms with Gasteiger partial charge in [-0.1, -0.05) is 24.3 Å². The van der Waals surface area contributed by atoms with Gasteiger partial charge in [-0.15, -0.1) is 0 Å². The Balaban J connectivity index is 2.87. The van der Waals surface area contributed by atoms with Gasteiger partial charge in [0.25, 0.3) is 0 Å². The summed E-state index contributed by atoms with van der Waals surface area (Å²) in [6.07, 6.45) is 3.55. The molecule has 1 N–H and O–H groups in total. The van der Waals surface area contributed by atoms with Crippen LogP contribution in [0.1, 0.15) is 33.1 Å². The molecule has 26 heavy (non-hydrogen) atoms. The zero-order valence-electron chi connectivity index (χ0n) is 15.5. The van der Waals surface area contributed by atoms with E-state index in [1.54, 1.807) is 19.1 Å². The molecule has 1 aliphatic heterocycles. The fourth-order valence-corrected chi connectivity index (χ4v) is 2.94. The number of hydrogen-bond donors (Lipinski definition) is 1. The number of allylic oxidation sites excluding steroid dienone is 2. The number of ether oxygens (including phenoxy) is 3. The van der Waals surface area contributed by atoms with Gasteiger partial charge in [0.15, 0.2) is 0 Å².